The van der Waals surface area contributed by atoms with E-state index >= 15 is 0 Å². The van der Waals surface area contributed by atoms with Crippen molar-refractivity contribution >= 4 is 11.6 Å². The van der Waals surface area contributed by atoms with Gasteiger partial charge in [-0.3, -0.25) is 0 Å². The Morgan fingerprint density at radius 1 is 1.39 bits per heavy atom. The maximum Gasteiger partial charge on any atom is 0.134 e. The van der Waals surface area contributed by atoms with Gasteiger partial charge in [0.25, 0.3) is 0 Å². The zero-order valence-corrected chi connectivity index (χ0v) is 11.3. The molecule has 0 aromatic carbocycles. The highest BCUT2D eigenvalue weighted by Crippen LogP contribution is 2.20. The van der Waals surface area contributed by atoms with Crippen LogP contribution in [0.4, 0.5) is 11.6 Å². The van der Waals surface area contributed by atoms with Crippen molar-refractivity contribution in [2.75, 3.05) is 37.7 Å². The molecule has 3 N–H and O–H groups in total. The summed E-state index contributed by atoms with van der Waals surface area (Å²) in [6.07, 6.45) is 5.34. The molecule has 0 radical (unpaired) electrons. The predicted molar refractivity (Wildman–Crippen MR) is 74.5 cm³/mol. The van der Waals surface area contributed by atoms with Crippen LogP contribution in [-0.2, 0) is 0 Å². The fourth-order valence-electron chi connectivity index (χ4n) is 2.39. The van der Waals surface area contributed by atoms with Crippen LogP contribution in [0.3, 0.4) is 0 Å². The number of hydrogen-bond donors (Lipinski definition) is 2. The summed E-state index contributed by atoms with van der Waals surface area (Å²) in [4.78, 5) is 10.6. The van der Waals surface area contributed by atoms with E-state index in [0.717, 1.165) is 23.8 Å². The van der Waals surface area contributed by atoms with Gasteiger partial charge in [0.1, 0.15) is 18.0 Å². The highest BCUT2D eigenvalue weighted by Gasteiger charge is 2.16. The summed E-state index contributed by atoms with van der Waals surface area (Å²) in [5, 5.41) is 3.37. The van der Waals surface area contributed by atoms with Crippen molar-refractivity contribution in [2.45, 2.75) is 26.2 Å². The Balaban J connectivity index is 1.77. The van der Waals surface area contributed by atoms with Crippen LogP contribution < -0.4 is 11.1 Å². The van der Waals surface area contributed by atoms with Gasteiger partial charge in [-0.05, 0) is 52.2 Å². The molecule has 1 aliphatic heterocycles. The third-order valence-electron chi connectivity index (χ3n) is 3.81. The molecular weight excluding hydrogens is 226 g/mol. The van der Waals surface area contributed by atoms with E-state index in [4.69, 9.17) is 5.73 Å². The molecule has 18 heavy (non-hydrogen) atoms. The minimum Gasteiger partial charge on any atom is -0.383 e. The molecule has 2 heterocycles. The first kappa shape index (κ1) is 13.1. The molecule has 1 fully saturated rings. The number of nitrogens with zero attached hydrogens (tertiary/aromatic N) is 3. The van der Waals surface area contributed by atoms with E-state index < -0.39 is 0 Å². The van der Waals surface area contributed by atoms with Crippen LogP contribution >= 0.6 is 0 Å². The molecule has 1 aromatic rings. The number of rotatable bonds is 4. The monoisotopic (exact) mass is 249 g/mol. The second-order valence-electron chi connectivity index (χ2n) is 5.19. The molecule has 100 valence electrons. The van der Waals surface area contributed by atoms with E-state index in [0.29, 0.717) is 5.82 Å². The zero-order chi connectivity index (χ0) is 13.0. The molecule has 0 aliphatic carbocycles. The summed E-state index contributed by atoms with van der Waals surface area (Å²) in [6, 6.07) is 0. The van der Waals surface area contributed by atoms with E-state index in [2.05, 4.69) is 27.2 Å². The zero-order valence-electron chi connectivity index (χ0n) is 11.3. The van der Waals surface area contributed by atoms with Gasteiger partial charge in [-0.1, -0.05) is 0 Å². The molecule has 5 heteroatoms. The van der Waals surface area contributed by atoms with Crippen LogP contribution in [0.5, 0.6) is 0 Å². The number of likely N-dealkylation sites (tertiary alicyclic amines) is 1. The predicted octanol–water partition coefficient (Wildman–Crippen LogP) is 1.51. The summed E-state index contributed by atoms with van der Waals surface area (Å²) in [5.41, 5.74) is 6.70. The maximum absolute atomic E-state index is 5.75. The van der Waals surface area contributed by atoms with Crippen LogP contribution in [0.1, 0.15) is 24.8 Å². The fraction of sp³-hybridized carbons (Fsp3) is 0.692. The lowest BCUT2D eigenvalue weighted by atomic mass is 9.94. The Bertz CT molecular complexity index is 385. The number of anilines is 2. The van der Waals surface area contributed by atoms with Gasteiger partial charge < -0.3 is 16.0 Å². The number of nitrogens with one attached hydrogen (secondary N) is 1. The standard InChI is InChI=1S/C13H23N5/c1-10-12(14)16-9-17-13(10)15-6-3-11-4-7-18(2)8-5-11/h9,11H,3-8H2,1-2H3,(H3,14,15,16,17). The van der Waals surface area contributed by atoms with Gasteiger partial charge in [-0.15, -0.1) is 0 Å². The lowest BCUT2D eigenvalue weighted by Crippen LogP contribution is -2.30. The summed E-state index contributed by atoms with van der Waals surface area (Å²) in [7, 11) is 2.20. The van der Waals surface area contributed by atoms with Crippen LogP contribution in [0.25, 0.3) is 0 Å². The van der Waals surface area contributed by atoms with Gasteiger partial charge >= 0.3 is 0 Å². The Morgan fingerprint density at radius 2 is 2.11 bits per heavy atom. The van der Waals surface area contributed by atoms with Gasteiger partial charge in [-0.2, -0.15) is 0 Å². The third-order valence-corrected chi connectivity index (χ3v) is 3.81. The van der Waals surface area contributed by atoms with Crippen molar-refractivity contribution < 1.29 is 0 Å². The first-order valence-electron chi connectivity index (χ1n) is 6.66. The molecule has 0 unspecified atom stereocenters. The van der Waals surface area contributed by atoms with Crippen molar-refractivity contribution in [3.63, 3.8) is 0 Å². The molecular formula is C13H23N5. The summed E-state index contributed by atoms with van der Waals surface area (Å²) >= 11 is 0. The number of piperidine rings is 1. The number of aromatic nitrogens is 2. The van der Waals surface area contributed by atoms with Crippen molar-refractivity contribution in [2.24, 2.45) is 5.92 Å². The molecule has 0 atom stereocenters. The van der Waals surface area contributed by atoms with Gasteiger partial charge in [0.05, 0.1) is 0 Å². The van der Waals surface area contributed by atoms with E-state index in [-0.39, 0.29) is 0 Å². The van der Waals surface area contributed by atoms with Crippen molar-refractivity contribution in [3.05, 3.63) is 11.9 Å². The second-order valence-corrected chi connectivity index (χ2v) is 5.19. The number of nitrogens with two attached hydrogens (primary N) is 1. The quantitative estimate of drug-likeness (QED) is 0.846. The SMILES string of the molecule is Cc1c(N)ncnc1NCCC1CCN(C)CC1. The number of nitrogen functional groups attached to an aromatic ring is 1. The summed E-state index contributed by atoms with van der Waals surface area (Å²) < 4.78 is 0. The molecule has 2 rings (SSSR count). The van der Waals surface area contributed by atoms with Crippen LogP contribution in [0.2, 0.25) is 0 Å². The molecule has 0 bridgehead atoms. The highest BCUT2D eigenvalue weighted by molar-refractivity contribution is 5.53. The van der Waals surface area contributed by atoms with E-state index in [9.17, 15) is 0 Å². The first-order chi connectivity index (χ1) is 8.66. The Kier molecular flexibility index (Phi) is 4.36. The van der Waals surface area contributed by atoms with Crippen molar-refractivity contribution in [3.8, 4) is 0 Å². The second kappa shape index (κ2) is 6.00. The van der Waals surface area contributed by atoms with Crippen molar-refractivity contribution in [1.82, 2.24) is 14.9 Å². The van der Waals surface area contributed by atoms with Crippen molar-refractivity contribution in [1.29, 1.82) is 0 Å². The largest absolute Gasteiger partial charge is 0.383 e. The van der Waals surface area contributed by atoms with Crippen LogP contribution in [0.15, 0.2) is 6.33 Å². The van der Waals surface area contributed by atoms with Crippen LogP contribution in [0, 0.1) is 12.8 Å². The molecule has 1 aromatic heterocycles. The topological polar surface area (TPSA) is 67.1 Å². The van der Waals surface area contributed by atoms with Gasteiger partial charge in [0, 0.05) is 12.1 Å². The number of hydrogen-bond acceptors (Lipinski definition) is 5. The minimum atomic E-state index is 0.562. The molecule has 1 saturated heterocycles. The summed E-state index contributed by atoms with van der Waals surface area (Å²) in [5.74, 6) is 2.27. The average Bonchev–Trinajstić information content (AvgIpc) is 2.37. The smallest absolute Gasteiger partial charge is 0.134 e. The Labute approximate surface area is 109 Å². The maximum atomic E-state index is 5.75. The van der Waals surface area contributed by atoms with E-state index in [1.54, 1.807) is 0 Å². The Hall–Kier alpha value is -1.36. The molecule has 0 spiro atoms. The first-order valence-corrected chi connectivity index (χ1v) is 6.66. The third kappa shape index (κ3) is 3.32. The lowest BCUT2D eigenvalue weighted by Gasteiger charge is -2.28. The fourth-order valence-corrected chi connectivity index (χ4v) is 2.39. The van der Waals surface area contributed by atoms with Gasteiger partial charge in [0.15, 0.2) is 0 Å². The van der Waals surface area contributed by atoms with E-state index in [1.165, 1.54) is 38.7 Å². The lowest BCUT2D eigenvalue weighted by molar-refractivity contribution is 0.215. The molecule has 5 nitrogen and oxygen atoms in total. The van der Waals surface area contributed by atoms with Gasteiger partial charge in [-0.25, -0.2) is 9.97 Å². The highest BCUT2D eigenvalue weighted by atomic mass is 15.1. The van der Waals surface area contributed by atoms with E-state index in [1.807, 2.05) is 6.92 Å². The van der Waals surface area contributed by atoms with Crippen LogP contribution in [-0.4, -0.2) is 41.5 Å². The normalized spacial score (nSPS) is 17.9. The molecule has 1 aliphatic rings. The average molecular weight is 249 g/mol. The molecule has 0 saturated carbocycles. The molecule has 0 amide bonds. The summed E-state index contributed by atoms with van der Waals surface area (Å²) in [6.45, 7) is 5.37. The Morgan fingerprint density at radius 3 is 2.83 bits per heavy atom. The minimum absolute atomic E-state index is 0.562. The van der Waals surface area contributed by atoms with Gasteiger partial charge in [0.2, 0.25) is 0 Å².